The average molecular weight is 423 g/mol. The number of phenolic OH excluding ortho intramolecular Hbond substituents is 1. The molecule has 31 heavy (non-hydrogen) atoms. The number of phenols is 1. The van der Waals surface area contributed by atoms with Gasteiger partial charge in [0.25, 0.3) is 16.8 Å². The summed E-state index contributed by atoms with van der Waals surface area (Å²) >= 11 is 0. The van der Waals surface area contributed by atoms with Gasteiger partial charge in [0.05, 0.1) is 17.9 Å². The molecule has 10 heteroatoms. The van der Waals surface area contributed by atoms with Crippen molar-refractivity contribution in [2.75, 3.05) is 43.0 Å². The number of rotatable bonds is 6. The van der Waals surface area contributed by atoms with E-state index in [0.29, 0.717) is 32.1 Å². The molecule has 0 radical (unpaired) electrons. The number of carbonyl (C=O) groups excluding carboxylic acids is 1. The zero-order valence-corrected chi connectivity index (χ0v) is 16.9. The molecule has 0 bridgehead atoms. The van der Waals surface area contributed by atoms with Crippen LogP contribution < -0.4 is 25.8 Å². The third-order valence-electron chi connectivity index (χ3n) is 5.08. The van der Waals surface area contributed by atoms with Gasteiger partial charge in [-0.2, -0.15) is 0 Å². The van der Waals surface area contributed by atoms with Crippen LogP contribution in [0.2, 0.25) is 0 Å². The van der Waals surface area contributed by atoms with Gasteiger partial charge in [0.15, 0.2) is 11.5 Å². The van der Waals surface area contributed by atoms with Gasteiger partial charge in [-0.3, -0.25) is 14.4 Å². The second kappa shape index (κ2) is 8.42. The molecule has 0 aliphatic carbocycles. The average Bonchev–Trinajstić information content (AvgIpc) is 2.82. The van der Waals surface area contributed by atoms with E-state index < -0.39 is 10.9 Å². The molecule has 2 aromatic carbocycles. The summed E-state index contributed by atoms with van der Waals surface area (Å²) in [5.41, 5.74) is -1.21. The Balaban J connectivity index is 1.48. The molecule has 0 unspecified atom stereocenters. The van der Waals surface area contributed by atoms with Gasteiger partial charge in [0.1, 0.15) is 5.69 Å². The fraction of sp³-hybridized carbons (Fsp3) is 0.286. The SMILES string of the molecule is CCOc1c(Nc2cccc(C(=O)N3CCN(c4ncccn4)CC3)c2O)c(=O)c1=O. The number of nitrogens with zero attached hydrogens (tertiary/aromatic N) is 4. The van der Waals surface area contributed by atoms with Crippen molar-refractivity contribution in [1.82, 2.24) is 14.9 Å². The zero-order valence-electron chi connectivity index (χ0n) is 16.9. The second-order valence-electron chi connectivity index (χ2n) is 6.95. The number of anilines is 3. The number of aromatic hydroxyl groups is 1. The normalized spacial score (nSPS) is 14.0. The first-order valence-electron chi connectivity index (χ1n) is 9.87. The highest BCUT2D eigenvalue weighted by molar-refractivity contribution is 5.99. The van der Waals surface area contributed by atoms with Gasteiger partial charge in [-0.15, -0.1) is 0 Å². The van der Waals surface area contributed by atoms with Crippen molar-refractivity contribution in [2.24, 2.45) is 0 Å². The van der Waals surface area contributed by atoms with Gasteiger partial charge < -0.3 is 25.0 Å². The van der Waals surface area contributed by atoms with Crippen molar-refractivity contribution < 1.29 is 14.6 Å². The third kappa shape index (κ3) is 3.79. The van der Waals surface area contributed by atoms with Crippen molar-refractivity contribution in [1.29, 1.82) is 0 Å². The molecule has 160 valence electrons. The van der Waals surface area contributed by atoms with Crippen molar-refractivity contribution in [3.63, 3.8) is 0 Å². The summed E-state index contributed by atoms with van der Waals surface area (Å²) < 4.78 is 5.18. The number of nitrogens with one attached hydrogen (secondary N) is 1. The smallest absolute Gasteiger partial charge is 0.272 e. The number of para-hydroxylation sites is 1. The fourth-order valence-corrected chi connectivity index (χ4v) is 3.45. The van der Waals surface area contributed by atoms with E-state index in [9.17, 15) is 19.5 Å². The molecule has 1 aliphatic heterocycles. The Labute approximate surface area is 177 Å². The van der Waals surface area contributed by atoms with Crippen LogP contribution in [0.5, 0.6) is 11.5 Å². The highest BCUT2D eigenvalue weighted by Gasteiger charge is 2.27. The summed E-state index contributed by atoms with van der Waals surface area (Å²) in [7, 11) is 0. The number of carbonyl (C=O) groups is 1. The molecule has 1 amide bonds. The summed E-state index contributed by atoms with van der Waals surface area (Å²) in [4.78, 5) is 48.6. The number of piperazine rings is 1. The molecule has 2 N–H and O–H groups in total. The van der Waals surface area contributed by atoms with Crippen LogP contribution in [0.1, 0.15) is 17.3 Å². The maximum atomic E-state index is 13.0. The lowest BCUT2D eigenvalue weighted by Gasteiger charge is -2.34. The molecule has 2 heterocycles. The van der Waals surface area contributed by atoms with E-state index in [1.165, 1.54) is 12.1 Å². The number of aromatic nitrogens is 2. The Morgan fingerprint density at radius 2 is 1.81 bits per heavy atom. The lowest BCUT2D eigenvalue weighted by molar-refractivity contribution is 0.0743. The lowest BCUT2D eigenvalue weighted by Crippen LogP contribution is -2.49. The van der Waals surface area contributed by atoms with Crippen LogP contribution in [0.25, 0.3) is 0 Å². The topological polar surface area (TPSA) is 125 Å². The quantitative estimate of drug-likeness (QED) is 0.439. The van der Waals surface area contributed by atoms with Crippen LogP contribution in [-0.2, 0) is 0 Å². The predicted octanol–water partition coefficient (Wildman–Crippen LogP) is 0.883. The van der Waals surface area contributed by atoms with Crippen molar-refractivity contribution in [3.8, 4) is 11.5 Å². The maximum absolute atomic E-state index is 13.0. The maximum Gasteiger partial charge on any atom is 0.272 e. The van der Waals surface area contributed by atoms with Crippen LogP contribution in [-0.4, -0.2) is 58.7 Å². The van der Waals surface area contributed by atoms with Gasteiger partial charge in [-0.05, 0) is 25.1 Å². The van der Waals surface area contributed by atoms with E-state index >= 15 is 0 Å². The Kier molecular flexibility index (Phi) is 5.52. The molecule has 0 atom stereocenters. The Morgan fingerprint density at radius 1 is 1.10 bits per heavy atom. The molecule has 4 rings (SSSR count). The standard InChI is InChI=1S/C21H21N5O5/c1-2-31-19-15(17(28)18(19)29)24-14-6-3-5-13(16(14)27)20(30)25-9-11-26(12-10-25)21-22-7-4-8-23-21/h3-8,24,27H,2,9-12H2,1H3. The van der Waals surface area contributed by atoms with E-state index in [2.05, 4.69) is 15.3 Å². The van der Waals surface area contributed by atoms with Gasteiger partial charge in [0, 0.05) is 38.6 Å². The van der Waals surface area contributed by atoms with Gasteiger partial charge in [0.2, 0.25) is 5.95 Å². The number of hydrogen-bond acceptors (Lipinski definition) is 9. The number of amides is 1. The molecule has 1 fully saturated rings. The van der Waals surface area contributed by atoms with E-state index in [4.69, 9.17) is 4.74 Å². The number of ether oxygens (including phenoxy) is 1. The first kappa shape index (κ1) is 20.3. The minimum Gasteiger partial charge on any atom is -0.505 e. The predicted molar refractivity (Wildman–Crippen MR) is 114 cm³/mol. The zero-order chi connectivity index (χ0) is 22.0. The minimum atomic E-state index is -0.723. The van der Waals surface area contributed by atoms with Crippen LogP contribution >= 0.6 is 0 Å². The molecule has 1 aromatic heterocycles. The molecule has 0 saturated carbocycles. The van der Waals surface area contributed by atoms with Gasteiger partial charge in [-0.1, -0.05) is 6.07 Å². The van der Waals surface area contributed by atoms with Crippen LogP contribution in [0.3, 0.4) is 0 Å². The monoisotopic (exact) mass is 423 g/mol. The number of hydrogen-bond donors (Lipinski definition) is 2. The summed E-state index contributed by atoms with van der Waals surface area (Å²) in [6, 6.07) is 6.37. The highest BCUT2D eigenvalue weighted by atomic mass is 16.5. The lowest BCUT2D eigenvalue weighted by atomic mass is 10.1. The molecule has 0 spiro atoms. The summed E-state index contributed by atoms with van der Waals surface area (Å²) in [6.07, 6.45) is 3.34. The van der Waals surface area contributed by atoms with Crippen LogP contribution in [0.15, 0.2) is 46.2 Å². The largest absolute Gasteiger partial charge is 0.505 e. The van der Waals surface area contributed by atoms with Crippen LogP contribution in [0, 0.1) is 0 Å². The third-order valence-corrected chi connectivity index (χ3v) is 5.08. The summed E-state index contributed by atoms with van der Waals surface area (Å²) in [5.74, 6) is -0.0776. The highest BCUT2D eigenvalue weighted by Crippen LogP contribution is 2.33. The minimum absolute atomic E-state index is 0.0248. The second-order valence-corrected chi connectivity index (χ2v) is 6.95. The van der Waals surface area contributed by atoms with Crippen molar-refractivity contribution in [3.05, 3.63) is 62.7 Å². The van der Waals surface area contributed by atoms with E-state index in [1.54, 1.807) is 36.4 Å². The molecular formula is C21H21N5O5. The van der Waals surface area contributed by atoms with E-state index in [1.807, 2.05) is 4.90 Å². The Hall–Kier alpha value is -3.95. The van der Waals surface area contributed by atoms with Crippen LogP contribution in [0.4, 0.5) is 17.3 Å². The molecule has 3 aromatic rings. The molecule has 10 nitrogen and oxygen atoms in total. The van der Waals surface area contributed by atoms with Crippen molar-refractivity contribution in [2.45, 2.75) is 6.92 Å². The molecule has 1 saturated heterocycles. The Bertz CT molecular complexity index is 1160. The van der Waals surface area contributed by atoms with Gasteiger partial charge in [-0.25, -0.2) is 9.97 Å². The first-order chi connectivity index (χ1) is 15.0. The Morgan fingerprint density at radius 3 is 2.48 bits per heavy atom. The van der Waals surface area contributed by atoms with E-state index in [0.717, 1.165) is 0 Å². The first-order valence-corrected chi connectivity index (χ1v) is 9.87. The molecule has 1 aliphatic rings. The molecular weight excluding hydrogens is 402 g/mol. The van der Waals surface area contributed by atoms with Crippen molar-refractivity contribution >= 4 is 23.2 Å². The van der Waals surface area contributed by atoms with Gasteiger partial charge >= 0.3 is 0 Å². The summed E-state index contributed by atoms with van der Waals surface area (Å²) in [6.45, 7) is 3.94. The number of benzene rings is 1. The summed E-state index contributed by atoms with van der Waals surface area (Å²) in [5, 5.41) is 13.4. The van der Waals surface area contributed by atoms with E-state index in [-0.39, 0.29) is 41.0 Å². The fourth-order valence-electron chi connectivity index (χ4n) is 3.45.